The molecule has 0 saturated carbocycles. The minimum Gasteiger partial charge on any atom is -0.404 e. The lowest BCUT2D eigenvalue weighted by Gasteiger charge is -1.91. The Balaban J connectivity index is 3.19. The van der Waals surface area contributed by atoms with E-state index in [-0.39, 0.29) is 5.89 Å². The minimum absolute atomic E-state index is 0.234. The van der Waals surface area contributed by atoms with Crippen LogP contribution in [0.3, 0.4) is 0 Å². The van der Waals surface area contributed by atoms with Gasteiger partial charge in [0.1, 0.15) is 0 Å². The molecule has 0 aliphatic carbocycles. The minimum atomic E-state index is -0.411. The summed E-state index contributed by atoms with van der Waals surface area (Å²) in [6.07, 6.45) is 2.69. The number of hydrogen-bond acceptors (Lipinski definition) is 4. The summed E-state index contributed by atoms with van der Waals surface area (Å²) in [7, 11) is 0. The monoisotopic (exact) mass is 152 g/mol. The Bertz CT molecular complexity index is 327. The number of nitrogens with two attached hydrogens (primary N) is 1. The van der Waals surface area contributed by atoms with Gasteiger partial charge in [0.05, 0.1) is 0 Å². The maximum absolute atomic E-state index is 10.7. The molecule has 2 N–H and O–H groups in total. The van der Waals surface area contributed by atoms with Gasteiger partial charge in [-0.1, -0.05) is 0 Å². The zero-order valence-electron chi connectivity index (χ0n) is 6.07. The van der Waals surface area contributed by atoms with Gasteiger partial charge in [-0.15, -0.1) is 0 Å². The largest absolute Gasteiger partial charge is 0.404 e. The molecule has 0 fully saturated rings. The highest BCUT2D eigenvalue weighted by molar-refractivity contribution is 5.36. The molecule has 1 rings (SSSR count). The lowest BCUT2D eigenvalue weighted by molar-refractivity contribution is 0.476. The lowest BCUT2D eigenvalue weighted by Crippen LogP contribution is -2.01. The van der Waals surface area contributed by atoms with Crippen LogP contribution in [-0.2, 0) is 0 Å². The van der Waals surface area contributed by atoms with Crippen LogP contribution in [0.5, 0.6) is 0 Å². The molecule has 0 spiro atoms. The van der Waals surface area contributed by atoms with Crippen LogP contribution in [0.15, 0.2) is 21.5 Å². The highest BCUT2D eigenvalue weighted by atomic mass is 16.4. The SMILES string of the molecule is Cc1cc(=O)oc(/C=C/N)n1. The topological polar surface area (TPSA) is 69.1 Å². The van der Waals surface area contributed by atoms with Crippen molar-refractivity contribution >= 4 is 6.08 Å². The lowest BCUT2D eigenvalue weighted by atomic mass is 10.4. The Labute approximate surface area is 63.4 Å². The number of hydrogen-bond donors (Lipinski definition) is 1. The third-order valence-corrected chi connectivity index (χ3v) is 1.06. The summed E-state index contributed by atoms with van der Waals surface area (Å²) < 4.78 is 4.66. The first-order valence-corrected chi connectivity index (χ1v) is 3.09. The molecular formula is C7H8N2O2. The number of aromatic nitrogens is 1. The van der Waals surface area contributed by atoms with Crippen molar-refractivity contribution in [1.29, 1.82) is 0 Å². The quantitative estimate of drug-likeness (QED) is 0.627. The van der Waals surface area contributed by atoms with Gasteiger partial charge in [0.2, 0.25) is 5.89 Å². The zero-order valence-corrected chi connectivity index (χ0v) is 6.07. The van der Waals surface area contributed by atoms with E-state index in [0.29, 0.717) is 5.69 Å². The van der Waals surface area contributed by atoms with Gasteiger partial charge >= 0.3 is 5.63 Å². The predicted molar refractivity (Wildman–Crippen MR) is 40.7 cm³/mol. The van der Waals surface area contributed by atoms with Gasteiger partial charge in [-0.2, -0.15) is 0 Å². The van der Waals surface area contributed by atoms with Gasteiger partial charge in [-0.25, -0.2) is 9.78 Å². The first kappa shape index (κ1) is 7.53. The normalized spacial score (nSPS) is 10.6. The van der Waals surface area contributed by atoms with Crippen LogP contribution in [0.2, 0.25) is 0 Å². The summed E-state index contributed by atoms with van der Waals surface area (Å²) in [6, 6.07) is 1.31. The van der Waals surface area contributed by atoms with Crippen LogP contribution < -0.4 is 11.4 Å². The molecule has 58 valence electrons. The third kappa shape index (κ3) is 1.93. The standard InChI is InChI=1S/C7H8N2O2/c1-5-4-7(10)11-6(9-5)2-3-8/h2-4H,8H2,1H3/b3-2+. The third-order valence-electron chi connectivity index (χ3n) is 1.06. The Morgan fingerprint density at radius 3 is 3.00 bits per heavy atom. The zero-order chi connectivity index (χ0) is 8.27. The molecule has 1 aromatic heterocycles. The molecule has 0 unspecified atom stereocenters. The molecule has 0 aromatic carbocycles. The van der Waals surface area contributed by atoms with E-state index in [1.165, 1.54) is 18.3 Å². The molecule has 4 heteroatoms. The molecule has 0 saturated heterocycles. The smallest absolute Gasteiger partial charge is 0.339 e. The van der Waals surface area contributed by atoms with E-state index in [4.69, 9.17) is 5.73 Å². The average Bonchev–Trinajstić information content (AvgIpc) is 1.85. The first-order chi connectivity index (χ1) is 5.22. The fourth-order valence-corrected chi connectivity index (χ4v) is 0.686. The second-order valence-corrected chi connectivity index (χ2v) is 2.02. The van der Waals surface area contributed by atoms with Crippen molar-refractivity contribution < 1.29 is 4.42 Å². The van der Waals surface area contributed by atoms with Crippen LogP contribution in [-0.4, -0.2) is 4.98 Å². The Hall–Kier alpha value is -1.58. The molecule has 1 aromatic rings. The molecule has 0 amide bonds. The number of rotatable bonds is 1. The molecule has 11 heavy (non-hydrogen) atoms. The van der Waals surface area contributed by atoms with E-state index in [9.17, 15) is 4.79 Å². The van der Waals surface area contributed by atoms with Gasteiger partial charge < -0.3 is 10.2 Å². The molecule has 0 aliphatic heterocycles. The molecule has 1 heterocycles. The number of aryl methyl sites for hydroxylation is 1. The van der Waals surface area contributed by atoms with Gasteiger partial charge in [-0.05, 0) is 13.1 Å². The Morgan fingerprint density at radius 1 is 1.73 bits per heavy atom. The van der Waals surface area contributed by atoms with E-state index >= 15 is 0 Å². The van der Waals surface area contributed by atoms with E-state index in [0.717, 1.165) is 0 Å². The van der Waals surface area contributed by atoms with Crippen molar-refractivity contribution in [2.45, 2.75) is 6.92 Å². The second kappa shape index (κ2) is 3.01. The summed E-state index contributed by atoms with van der Waals surface area (Å²) in [5.74, 6) is 0.234. The summed E-state index contributed by atoms with van der Waals surface area (Å²) in [5.41, 5.74) is 5.29. The first-order valence-electron chi connectivity index (χ1n) is 3.09. The van der Waals surface area contributed by atoms with Crippen molar-refractivity contribution in [3.05, 3.63) is 34.3 Å². The van der Waals surface area contributed by atoms with Crippen LogP contribution >= 0.6 is 0 Å². The summed E-state index contributed by atoms with van der Waals surface area (Å²) in [5, 5.41) is 0. The van der Waals surface area contributed by atoms with Gasteiger partial charge in [-0.3, -0.25) is 0 Å². The van der Waals surface area contributed by atoms with Crippen LogP contribution in [0, 0.1) is 6.92 Å². The van der Waals surface area contributed by atoms with Crippen molar-refractivity contribution in [2.75, 3.05) is 0 Å². The van der Waals surface area contributed by atoms with E-state index < -0.39 is 5.63 Å². The number of nitrogens with zero attached hydrogens (tertiary/aromatic N) is 1. The van der Waals surface area contributed by atoms with E-state index in [2.05, 4.69) is 9.40 Å². The predicted octanol–water partition coefficient (Wildman–Crippen LogP) is 0.273. The summed E-state index contributed by atoms with van der Waals surface area (Å²) in [4.78, 5) is 14.6. The van der Waals surface area contributed by atoms with Crippen LogP contribution in [0.1, 0.15) is 11.6 Å². The summed E-state index contributed by atoms with van der Waals surface area (Å²) >= 11 is 0. The highest BCUT2D eigenvalue weighted by Crippen LogP contribution is 1.94. The van der Waals surface area contributed by atoms with Crippen molar-refractivity contribution in [2.24, 2.45) is 5.73 Å². The molecule has 0 aliphatic rings. The molecule has 0 radical (unpaired) electrons. The average molecular weight is 152 g/mol. The molecule has 0 atom stereocenters. The van der Waals surface area contributed by atoms with Crippen LogP contribution in [0.25, 0.3) is 6.08 Å². The van der Waals surface area contributed by atoms with Crippen LogP contribution in [0.4, 0.5) is 0 Å². The maximum atomic E-state index is 10.7. The fourth-order valence-electron chi connectivity index (χ4n) is 0.686. The van der Waals surface area contributed by atoms with Gasteiger partial charge in [0.25, 0.3) is 0 Å². The van der Waals surface area contributed by atoms with E-state index in [1.54, 1.807) is 6.92 Å². The second-order valence-electron chi connectivity index (χ2n) is 2.02. The van der Waals surface area contributed by atoms with Gasteiger partial charge in [0, 0.05) is 17.8 Å². The Kier molecular flexibility index (Phi) is 2.06. The molecule has 0 bridgehead atoms. The molecule has 4 nitrogen and oxygen atoms in total. The molecular weight excluding hydrogens is 144 g/mol. The maximum Gasteiger partial charge on any atom is 0.339 e. The van der Waals surface area contributed by atoms with E-state index in [1.807, 2.05) is 0 Å². The van der Waals surface area contributed by atoms with Crippen molar-refractivity contribution in [1.82, 2.24) is 4.98 Å². The summed E-state index contributed by atoms with van der Waals surface area (Å²) in [6.45, 7) is 1.71. The van der Waals surface area contributed by atoms with Crippen molar-refractivity contribution in [3.8, 4) is 0 Å². The van der Waals surface area contributed by atoms with Crippen molar-refractivity contribution in [3.63, 3.8) is 0 Å². The highest BCUT2D eigenvalue weighted by Gasteiger charge is 1.94. The fraction of sp³-hybridized carbons (Fsp3) is 0.143. The Morgan fingerprint density at radius 2 is 2.45 bits per heavy atom. The van der Waals surface area contributed by atoms with Gasteiger partial charge in [0.15, 0.2) is 0 Å².